The molecule has 0 amide bonds. The molecule has 0 radical (unpaired) electrons. The molecule has 0 aliphatic carbocycles. The van der Waals surface area contributed by atoms with Crippen LogP contribution in [0.2, 0.25) is 0 Å². The first-order valence-electron chi connectivity index (χ1n) is 19.1. The Balaban J connectivity index is 1.10. The standard InChI is InChI=1S/C52H30N4OS/c53-31-32-12-8-16-35(28-32)38-18-4-5-19-40(38)51-54-50(55-52(56-51)43-22-11-25-47-49(43)42-20-6-7-24-46(42)58-47)37-26-27-41-45(30-37)57-44-23-10-21-39(48(41)44)36-17-9-15-34(29-36)33-13-2-1-3-14-33/h1-30H. The second kappa shape index (κ2) is 13.8. The fourth-order valence-corrected chi connectivity index (χ4v) is 9.23. The second-order valence-electron chi connectivity index (χ2n) is 14.3. The van der Waals surface area contributed by atoms with Gasteiger partial charge in [0.25, 0.3) is 0 Å². The number of hydrogen-bond donors (Lipinski definition) is 0. The molecule has 0 spiro atoms. The number of hydrogen-bond acceptors (Lipinski definition) is 6. The van der Waals surface area contributed by atoms with E-state index in [9.17, 15) is 5.26 Å². The van der Waals surface area contributed by atoms with E-state index in [4.69, 9.17) is 19.4 Å². The fourth-order valence-electron chi connectivity index (χ4n) is 8.10. The summed E-state index contributed by atoms with van der Waals surface area (Å²) in [6, 6.07) is 64.5. The molecule has 0 aliphatic rings. The van der Waals surface area contributed by atoms with Crippen LogP contribution in [0.4, 0.5) is 0 Å². The van der Waals surface area contributed by atoms with Crippen molar-refractivity contribution >= 4 is 53.4 Å². The Morgan fingerprint density at radius 2 is 1.03 bits per heavy atom. The molecule has 0 bridgehead atoms. The van der Waals surface area contributed by atoms with Gasteiger partial charge in [-0.2, -0.15) is 5.26 Å². The number of furan rings is 1. The van der Waals surface area contributed by atoms with Crippen LogP contribution in [0.25, 0.3) is 110 Å². The molecule has 5 nitrogen and oxygen atoms in total. The van der Waals surface area contributed by atoms with E-state index in [2.05, 4.69) is 127 Å². The largest absolute Gasteiger partial charge is 0.456 e. The number of thiophene rings is 1. The van der Waals surface area contributed by atoms with E-state index in [0.29, 0.717) is 23.0 Å². The predicted octanol–water partition coefficient (Wildman–Crippen LogP) is 14.0. The zero-order valence-electron chi connectivity index (χ0n) is 30.9. The molecule has 0 aliphatic heterocycles. The lowest BCUT2D eigenvalue weighted by atomic mass is 9.95. The first-order chi connectivity index (χ1) is 28.7. The minimum Gasteiger partial charge on any atom is -0.456 e. The highest BCUT2D eigenvalue weighted by atomic mass is 32.1. The predicted molar refractivity (Wildman–Crippen MR) is 237 cm³/mol. The van der Waals surface area contributed by atoms with Crippen molar-refractivity contribution in [2.75, 3.05) is 0 Å². The van der Waals surface area contributed by atoms with E-state index in [1.165, 1.54) is 20.3 Å². The van der Waals surface area contributed by atoms with Crippen molar-refractivity contribution in [2.45, 2.75) is 0 Å². The first kappa shape index (κ1) is 33.6. The minimum atomic E-state index is 0.537. The van der Waals surface area contributed by atoms with Crippen molar-refractivity contribution in [3.8, 4) is 73.6 Å². The molecule has 3 heterocycles. The van der Waals surface area contributed by atoms with Gasteiger partial charge in [-0.15, -0.1) is 11.3 Å². The lowest BCUT2D eigenvalue weighted by Crippen LogP contribution is -2.01. The third kappa shape index (κ3) is 5.73. The van der Waals surface area contributed by atoms with Crippen LogP contribution in [-0.4, -0.2) is 15.0 Å². The van der Waals surface area contributed by atoms with Gasteiger partial charge in [0.15, 0.2) is 17.5 Å². The normalized spacial score (nSPS) is 11.4. The molecule has 3 aromatic heterocycles. The summed E-state index contributed by atoms with van der Waals surface area (Å²) < 4.78 is 9.00. The Morgan fingerprint density at radius 1 is 0.397 bits per heavy atom. The lowest BCUT2D eigenvalue weighted by Gasteiger charge is -2.13. The summed E-state index contributed by atoms with van der Waals surface area (Å²) >= 11 is 1.77. The molecule has 11 aromatic rings. The molecule has 270 valence electrons. The fraction of sp³-hybridized carbons (Fsp3) is 0. The van der Waals surface area contributed by atoms with Gasteiger partial charge < -0.3 is 4.42 Å². The van der Waals surface area contributed by atoms with Gasteiger partial charge in [-0.3, -0.25) is 0 Å². The Labute approximate surface area is 337 Å². The van der Waals surface area contributed by atoms with Crippen LogP contribution in [0.3, 0.4) is 0 Å². The third-order valence-electron chi connectivity index (χ3n) is 10.8. The highest BCUT2D eigenvalue weighted by molar-refractivity contribution is 7.25. The van der Waals surface area contributed by atoms with Crippen LogP contribution in [0.15, 0.2) is 186 Å². The molecule has 8 aromatic carbocycles. The second-order valence-corrected chi connectivity index (χ2v) is 15.3. The molecule has 0 saturated carbocycles. The smallest absolute Gasteiger partial charge is 0.164 e. The van der Waals surface area contributed by atoms with E-state index >= 15 is 0 Å². The maximum Gasteiger partial charge on any atom is 0.164 e. The van der Waals surface area contributed by atoms with Gasteiger partial charge >= 0.3 is 0 Å². The first-order valence-corrected chi connectivity index (χ1v) is 19.9. The molecule has 0 fully saturated rings. The topological polar surface area (TPSA) is 75.6 Å². The Kier molecular flexibility index (Phi) is 7.99. The zero-order chi connectivity index (χ0) is 38.6. The summed E-state index contributed by atoms with van der Waals surface area (Å²) in [5.74, 6) is 1.66. The van der Waals surface area contributed by atoms with Crippen LogP contribution in [0.1, 0.15) is 5.56 Å². The molecular weight excluding hydrogens is 729 g/mol. The highest BCUT2D eigenvalue weighted by Crippen LogP contribution is 2.42. The number of rotatable bonds is 6. The lowest BCUT2D eigenvalue weighted by molar-refractivity contribution is 0.669. The summed E-state index contributed by atoms with van der Waals surface area (Å²) in [5.41, 5.74) is 11.2. The SMILES string of the molecule is N#Cc1cccc(-c2ccccc2-c2nc(-c3ccc4c(c3)oc3cccc(-c5cccc(-c6ccccc6)c5)c34)nc(-c3cccc4sc5ccccc5c34)n2)c1. The molecule has 6 heteroatoms. The van der Waals surface area contributed by atoms with Crippen LogP contribution in [0, 0.1) is 11.3 Å². The average molecular weight is 759 g/mol. The Morgan fingerprint density at radius 3 is 1.91 bits per heavy atom. The summed E-state index contributed by atoms with van der Waals surface area (Å²) in [6.07, 6.45) is 0. The third-order valence-corrected chi connectivity index (χ3v) is 11.9. The highest BCUT2D eigenvalue weighted by Gasteiger charge is 2.20. The van der Waals surface area contributed by atoms with E-state index in [-0.39, 0.29) is 0 Å². The number of benzene rings is 8. The van der Waals surface area contributed by atoms with E-state index in [1.807, 2.05) is 60.7 Å². The summed E-state index contributed by atoms with van der Waals surface area (Å²) in [7, 11) is 0. The van der Waals surface area contributed by atoms with Gasteiger partial charge in [-0.1, -0.05) is 133 Å². The van der Waals surface area contributed by atoms with E-state index in [0.717, 1.165) is 71.8 Å². The van der Waals surface area contributed by atoms with Crippen LogP contribution in [-0.2, 0) is 0 Å². The molecule has 0 atom stereocenters. The molecule has 0 N–H and O–H groups in total. The number of fused-ring (bicyclic) bond motifs is 6. The van der Waals surface area contributed by atoms with E-state index in [1.54, 1.807) is 11.3 Å². The zero-order valence-corrected chi connectivity index (χ0v) is 31.7. The van der Waals surface area contributed by atoms with Crippen molar-refractivity contribution < 1.29 is 4.42 Å². The number of aromatic nitrogens is 3. The quantitative estimate of drug-likeness (QED) is 0.169. The molecule has 11 rings (SSSR count). The molecule has 0 unspecified atom stereocenters. The maximum atomic E-state index is 9.72. The van der Waals surface area contributed by atoms with E-state index < -0.39 is 0 Å². The molecule has 58 heavy (non-hydrogen) atoms. The number of nitrogens with zero attached hydrogens (tertiary/aromatic N) is 4. The van der Waals surface area contributed by atoms with Crippen molar-refractivity contribution in [3.63, 3.8) is 0 Å². The summed E-state index contributed by atoms with van der Waals surface area (Å²) in [6.45, 7) is 0. The van der Waals surface area contributed by atoms with Crippen LogP contribution < -0.4 is 0 Å². The summed E-state index contributed by atoms with van der Waals surface area (Å²) in [4.78, 5) is 15.7. The monoisotopic (exact) mass is 758 g/mol. The minimum absolute atomic E-state index is 0.537. The van der Waals surface area contributed by atoms with Gasteiger partial charge in [-0.05, 0) is 81.9 Å². The average Bonchev–Trinajstić information content (AvgIpc) is 3.87. The van der Waals surface area contributed by atoms with Gasteiger partial charge in [0.05, 0.1) is 11.6 Å². The van der Waals surface area contributed by atoms with Crippen molar-refractivity contribution in [3.05, 3.63) is 188 Å². The van der Waals surface area contributed by atoms with Crippen molar-refractivity contribution in [1.82, 2.24) is 15.0 Å². The Bertz CT molecular complexity index is 3430. The van der Waals surface area contributed by atoms with Gasteiger partial charge in [0.1, 0.15) is 11.2 Å². The molecular formula is C52H30N4OS. The summed E-state index contributed by atoms with van der Waals surface area (Å²) in [5, 5.41) is 14.1. The van der Waals surface area contributed by atoms with Gasteiger partial charge in [0, 0.05) is 47.6 Å². The van der Waals surface area contributed by atoms with Crippen LogP contribution >= 0.6 is 11.3 Å². The van der Waals surface area contributed by atoms with Crippen molar-refractivity contribution in [2.24, 2.45) is 0 Å². The number of nitriles is 1. The van der Waals surface area contributed by atoms with Crippen molar-refractivity contribution in [1.29, 1.82) is 5.26 Å². The van der Waals surface area contributed by atoms with Crippen LogP contribution in [0.5, 0.6) is 0 Å². The van der Waals surface area contributed by atoms with Gasteiger partial charge in [0.2, 0.25) is 0 Å². The maximum absolute atomic E-state index is 9.72. The van der Waals surface area contributed by atoms with Gasteiger partial charge in [-0.25, -0.2) is 15.0 Å². The Hall–Kier alpha value is -7.72. The molecule has 0 saturated heterocycles.